The highest BCUT2D eigenvalue weighted by molar-refractivity contribution is 6.80. The molecule has 2 rings (SSSR count). The van der Waals surface area contributed by atoms with E-state index in [0.717, 1.165) is 35.4 Å². The first-order valence-electron chi connectivity index (χ1n) is 13.8. The van der Waals surface area contributed by atoms with Gasteiger partial charge in [0.05, 0.1) is 5.60 Å². The van der Waals surface area contributed by atoms with Crippen LogP contribution in [0, 0.1) is 17.8 Å². The SMILES string of the molecule is CC1CC([Si](CCCCCCOC(C)(C)C)(NC(C)(C)C)C2CCCCC2)C(C)C1C. The van der Waals surface area contributed by atoms with E-state index < -0.39 is 8.24 Å². The molecule has 3 heteroatoms. The zero-order valence-electron chi connectivity index (χ0n) is 22.8. The topological polar surface area (TPSA) is 21.3 Å². The molecule has 0 bridgehead atoms. The Hall–Kier alpha value is 0.137. The van der Waals surface area contributed by atoms with Gasteiger partial charge in [-0.2, -0.15) is 0 Å². The van der Waals surface area contributed by atoms with Crippen molar-refractivity contribution in [2.24, 2.45) is 17.8 Å². The Morgan fingerprint density at radius 3 is 1.94 bits per heavy atom. The normalized spacial score (nSPS) is 30.5. The zero-order chi connectivity index (χ0) is 23.3. The summed E-state index contributed by atoms with van der Waals surface area (Å²) in [7, 11) is -1.62. The van der Waals surface area contributed by atoms with Crippen LogP contribution in [0.1, 0.15) is 127 Å². The molecule has 2 aliphatic rings. The molecule has 5 unspecified atom stereocenters. The highest BCUT2D eigenvalue weighted by Gasteiger charge is 2.54. The second-order valence-electron chi connectivity index (χ2n) is 13.4. The lowest BCUT2D eigenvalue weighted by Crippen LogP contribution is -2.64. The molecule has 2 fully saturated rings. The summed E-state index contributed by atoms with van der Waals surface area (Å²) in [6, 6.07) is 1.50. The molecule has 0 amide bonds. The van der Waals surface area contributed by atoms with Crippen molar-refractivity contribution in [3.63, 3.8) is 0 Å². The summed E-state index contributed by atoms with van der Waals surface area (Å²) in [5.74, 6) is 2.67. The van der Waals surface area contributed by atoms with Gasteiger partial charge in [0, 0.05) is 12.1 Å². The fourth-order valence-electron chi connectivity index (χ4n) is 6.91. The van der Waals surface area contributed by atoms with Crippen LogP contribution in [-0.4, -0.2) is 26.0 Å². The lowest BCUT2D eigenvalue weighted by molar-refractivity contribution is -0.00471. The fraction of sp³-hybridized carbons (Fsp3) is 1.00. The maximum absolute atomic E-state index is 5.95. The van der Waals surface area contributed by atoms with Crippen molar-refractivity contribution in [2.45, 2.75) is 155 Å². The van der Waals surface area contributed by atoms with Crippen molar-refractivity contribution in [1.82, 2.24) is 4.98 Å². The van der Waals surface area contributed by atoms with Crippen LogP contribution in [0.15, 0.2) is 0 Å². The Balaban J connectivity index is 2.12. The minimum Gasteiger partial charge on any atom is -0.376 e. The van der Waals surface area contributed by atoms with Crippen LogP contribution in [-0.2, 0) is 4.74 Å². The first kappa shape index (κ1) is 27.4. The van der Waals surface area contributed by atoms with E-state index in [2.05, 4.69) is 67.3 Å². The van der Waals surface area contributed by atoms with Crippen molar-refractivity contribution in [1.29, 1.82) is 0 Å². The first-order valence-corrected chi connectivity index (χ1v) is 16.2. The van der Waals surface area contributed by atoms with Crippen LogP contribution in [0.3, 0.4) is 0 Å². The molecule has 5 atom stereocenters. The summed E-state index contributed by atoms with van der Waals surface area (Å²) in [5, 5.41) is 0. The van der Waals surface area contributed by atoms with Gasteiger partial charge in [-0.1, -0.05) is 72.1 Å². The van der Waals surface area contributed by atoms with E-state index in [1.807, 2.05) is 0 Å². The molecule has 1 N–H and O–H groups in total. The summed E-state index contributed by atoms with van der Waals surface area (Å²) in [4.78, 5) is 4.49. The molecule has 0 aromatic rings. The molecule has 0 spiro atoms. The molecule has 0 aromatic carbocycles. The van der Waals surface area contributed by atoms with Crippen LogP contribution < -0.4 is 4.98 Å². The van der Waals surface area contributed by atoms with Crippen molar-refractivity contribution in [3.05, 3.63) is 0 Å². The third kappa shape index (κ3) is 8.14. The average molecular weight is 452 g/mol. The minimum absolute atomic E-state index is 0.00563. The molecule has 0 aromatic heterocycles. The number of hydrogen-bond acceptors (Lipinski definition) is 2. The molecule has 31 heavy (non-hydrogen) atoms. The molecule has 2 aliphatic carbocycles. The Kier molecular flexibility index (Phi) is 10.2. The number of unbranched alkanes of at least 4 members (excludes halogenated alkanes) is 3. The van der Waals surface area contributed by atoms with Gasteiger partial charge in [0.2, 0.25) is 0 Å². The van der Waals surface area contributed by atoms with E-state index in [4.69, 9.17) is 4.74 Å². The molecule has 0 aliphatic heterocycles. The lowest BCUT2D eigenvalue weighted by atomic mass is 9.94. The van der Waals surface area contributed by atoms with Crippen LogP contribution >= 0.6 is 0 Å². The second kappa shape index (κ2) is 11.5. The van der Waals surface area contributed by atoms with E-state index in [-0.39, 0.29) is 11.1 Å². The van der Waals surface area contributed by atoms with Gasteiger partial charge in [-0.05, 0) is 89.3 Å². The summed E-state index contributed by atoms with van der Waals surface area (Å²) >= 11 is 0. The quantitative estimate of drug-likeness (QED) is 0.265. The highest BCUT2D eigenvalue weighted by atomic mass is 28.3. The van der Waals surface area contributed by atoms with Crippen molar-refractivity contribution in [3.8, 4) is 0 Å². The lowest BCUT2D eigenvalue weighted by Gasteiger charge is -2.51. The predicted molar refractivity (Wildman–Crippen MR) is 140 cm³/mol. The van der Waals surface area contributed by atoms with Gasteiger partial charge in [0.1, 0.15) is 8.24 Å². The maximum atomic E-state index is 5.95. The van der Waals surface area contributed by atoms with Crippen LogP contribution in [0.25, 0.3) is 0 Å². The Morgan fingerprint density at radius 2 is 1.42 bits per heavy atom. The fourth-order valence-corrected chi connectivity index (χ4v) is 14.5. The number of ether oxygens (including phenoxy) is 1. The van der Waals surface area contributed by atoms with Crippen LogP contribution in [0.4, 0.5) is 0 Å². The van der Waals surface area contributed by atoms with Gasteiger partial charge in [0.15, 0.2) is 0 Å². The summed E-state index contributed by atoms with van der Waals surface area (Å²) < 4.78 is 5.95. The van der Waals surface area contributed by atoms with Crippen LogP contribution in [0.5, 0.6) is 0 Å². The Morgan fingerprint density at radius 1 is 0.806 bits per heavy atom. The molecule has 0 radical (unpaired) electrons. The predicted octanol–water partition coefficient (Wildman–Crippen LogP) is 8.71. The van der Waals surface area contributed by atoms with E-state index in [9.17, 15) is 0 Å². The van der Waals surface area contributed by atoms with Gasteiger partial charge >= 0.3 is 0 Å². The largest absolute Gasteiger partial charge is 0.376 e. The van der Waals surface area contributed by atoms with Gasteiger partial charge in [-0.25, -0.2) is 0 Å². The van der Waals surface area contributed by atoms with Crippen molar-refractivity contribution in [2.75, 3.05) is 6.61 Å². The highest BCUT2D eigenvalue weighted by Crippen LogP contribution is 2.56. The molecule has 0 saturated heterocycles. The first-order chi connectivity index (χ1) is 14.4. The van der Waals surface area contributed by atoms with Crippen molar-refractivity contribution >= 4 is 8.24 Å². The number of nitrogens with one attached hydrogen (secondary N) is 1. The van der Waals surface area contributed by atoms with E-state index in [1.54, 1.807) is 0 Å². The Labute approximate surface area is 197 Å². The summed E-state index contributed by atoms with van der Waals surface area (Å²) in [5.41, 5.74) is 2.20. The van der Waals surface area contributed by atoms with Gasteiger partial charge < -0.3 is 9.72 Å². The summed E-state index contributed by atoms with van der Waals surface area (Å²) in [6.45, 7) is 22.4. The molecule has 2 saturated carbocycles. The van der Waals surface area contributed by atoms with Gasteiger partial charge in [-0.3, -0.25) is 0 Å². The second-order valence-corrected chi connectivity index (χ2v) is 17.8. The third-order valence-electron chi connectivity index (χ3n) is 8.61. The van der Waals surface area contributed by atoms with E-state index in [1.165, 1.54) is 70.3 Å². The molecule has 2 nitrogen and oxygen atoms in total. The summed E-state index contributed by atoms with van der Waals surface area (Å²) in [6.07, 6.45) is 14.2. The standard InChI is InChI=1S/C28H57NOSi/c1-22-21-26(24(3)23(22)2)31(29-27(4,5)6,25-17-13-12-14-18-25)20-16-11-10-15-19-30-28(7,8)9/h22-26,29H,10-21H2,1-9H3. The molecule has 184 valence electrons. The van der Waals surface area contributed by atoms with E-state index in [0.29, 0.717) is 0 Å². The number of rotatable bonds is 10. The van der Waals surface area contributed by atoms with Crippen molar-refractivity contribution < 1.29 is 4.74 Å². The third-order valence-corrected chi connectivity index (χ3v) is 15.1. The van der Waals surface area contributed by atoms with Gasteiger partial charge in [0.25, 0.3) is 0 Å². The van der Waals surface area contributed by atoms with Gasteiger partial charge in [-0.15, -0.1) is 0 Å². The Bertz CT molecular complexity index is 516. The van der Waals surface area contributed by atoms with Crippen LogP contribution in [0.2, 0.25) is 17.1 Å². The zero-order valence-corrected chi connectivity index (χ0v) is 23.8. The molecular weight excluding hydrogens is 394 g/mol. The smallest absolute Gasteiger partial charge is 0.132 e. The average Bonchev–Trinajstić information content (AvgIpc) is 2.93. The minimum atomic E-state index is -1.62. The van der Waals surface area contributed by atoms with E-state index >= 15 is 0 Å². The maximum Gasteiger partial charge on any atom is 0.132 e. The number of hydrogen-bond donors (Lipinski definition) is 1. The molecule has 0 heterocycles. The molecular formula is C28H57NOSi. The monoisotopic (exact) mass is 451 g/mol.